The van der Waals surface area contributed by atoms with E-state index >= 15 is 0 Å². The maximum absolute atomic E-state index is 13.4. The monoisotopic (exact) mass is 534 g/mol. The van der Waals surface area contributed by atoms with Crippen molar-refractivity contribution in [3.63, 3.8) is 0 Å². The molecule has 0 unspecified atom stereocenters. The predicted octanol–water partition coefficient (Wildman–Crippen LogP) is 3.29. The first-order valence-electron chi connectivity index (χ1n) is 10.4. The normalized spacial score (nSPS) is 38.7. The lowest BCUT2D eigenvalue weighted by molar-refractivity contribution is -0.152. The molecule has 0 N–H and O–H groups in total. The molecule has 7 atom stereocenters. The molecule has 0 aromatic heterocycles. The van der Waals surface area contributed by atoms with Crippen LogP contribution in [0.3, 0.4) is 0 Å². The number of rotatable bonds is 5. The first-order chi connectivity index (χ1) is 13.5. The molecule has 4 fully saturated rings. The van der Waals surface area contributed by atoms with E-state index < -0.39 is 6.04 Å². The average molecular weight is 536 g/mol. The van der Waals surface area contributed by atoms with Crippen molar-refractivity contribution in [3.8, 4) is 0 Å². The molecule has 0 aromatic rings. The Morgan fingerprint density at radius 1 is 1.04 bits per heavy atom. The number of amides is 3. The highest BCUT2D eigenvalue weighted by Crippen LogP contribution is 2.60. The number of likely N-dealkylation sites (tertiary alicyclic amines) is 2. The fraction of sp³-hybridized carbons (Fsp3) is 0.850. The van der Waals surface area contributed by atoms with Gasteiger partial charge in [0.05, 0.1) is 11.8 Å². The largest absolute Gasteiger partial charge is 0.341 e. The fourth-order valence-electron chi connectivity index (χ4n) is 5.77. The Bertz CT molecular complexity index is 623. The van der Waals surface area contributed by atoms with Crippen molar-refractivity contribution in [2.75, 3.05) is 25.1 Å². The van der Waals surface area contributed by atoms with Crippen molar-refractivity contribution in [2.24, 2.45) is 23.7 Å². The molecule has 156 valence electrons. The molecule has 28 heavy (non-hydrogen) atoms. The van der Waals surface area contributed by atoms with E-state index in [1.165, 1.54) is 4.90 Å². The number of nitrogens with zero attached hydrogens (tertiary/aromatic N) is 2. The smallest absolute Gasteiger partial charge is 0.245 e. The summed E-state index contributed by atoms with van der Waals surface area (Å²) in [6.45, 7) is 1.49. The molecule has 2 saturated heterocycles. The van der Waals surface area contributed by atoms with Gasteiger partial charge in [-0.05, 0) is 49.5 Å². The Morgan fingerprint density at radius 3 is 2.07 bits per heavy atom. The SMILES string of the molecule is CSCC[C@H](C(=O)N1CCCCCC1)N1C(=O)[C@@H]2[C@H]3C[C@@H]([C@@H](Br)[C@H]3Br)[C@H]2C1=O. The van der Waals surface area contributed by atoms with Crippen LogP contribution < -0.4 is 0 Å². The maximum atomic E-state index is 13.4. The summed E-state index contributed by atoms with van der Waals surface area (Å²) in [5.74, 6) is 0.447. The molecule has 0 aromatic carbocycles. The number of hydrogen-bond acceptors (Lipinski definition) is 4. The third kappa shape index (κ3) is 3.39. The highest BCUT2D eigenvalue weighted by molar-refractivity contribution is 9.12. The van der Waals surface area contributed by atoms with Gasteiger partial charge in [0, 0.05) is 22.7 Å². The van der Waals surface area contributed by atoms with E-state index in [9.17, 15) is 14.4 Å². The quantitative estimate of drug-likeness (QED) is 0.400. The highest BCUT2D eigenvalue weighted by atomic mass is 79.9. The van der Waals surface area contributed by atoms with Crippen molar-refractivity contribution in [1.29, 1.82) is 0 Å². The Morgan fingerprint density at radius 2 is 1.57 bits per heavy atom. The summed E-state index contributed by atoms with van der Waals surface area (Å²) in [7, 11) is 0. The van der Waals surface area contributed by atoms with Crippen LogP contribution in [0.1, 0.15) is 38.5 Å². The average Bonchev–Trinajstić information content (AvgIpc) is 3.17. The number of hydrogen-bond donors (Lipinski definition) is 0. The molecular formula is C20H28Br2N2O3S. The predicted molar refractivity (Wildman–Crippen MR) is 118 cm³/mol. The van der Waals surface area contributed by atoms with Crippen LogP contribution in [0.15, 0.2) is 0 Å². The zero-order valence-corrected chi connectivity index (χ0v) is 20.2. The van der Waals surface area contributed by atoms with Gasteiger partial charge in [0.2, 0.25) is 17.7 Å². The van der Waals surface area contributed by atoms with Gasteiger partial charge in [-0.25, -0.2) is 0 Å². The second-order valence-corrected chi connectivity index (χ2v) is 11.7. The lowest BCUT2D eigenvalue weighted by Gasteiger charge is -2.31. The van der Waals surface area contributed by atoms with Gasteiger partial charge in [-0.3, -0.25) is 19.3 Å². The standard InChI is InChI=1S/C20H28Br2N2O3S/c1-28-9-6-13(18(25)23-7-4-2-3-5-8-23)24-19(26)14-11-10-12(15(14)20(24)27)17(22)16(11)21/h11-17H,2-10H2,1H3/t11-,12-,13-,14-,15-,16-,17+/m1/s1. The second kappa shape index (κ2) is 8.58. The van der Waals surface area contributed by atoms with Crippen LogP contribution in [0.5, 0.6) is 0 Å². The summed E-state index contributed by atoms with van der Waals surface area (Å²) in [5.41, 5.74) is 0. The van der Waals surface area contributed by atoms with Gasteiger partial charge in [0.25, 0.3) is 0 Å². The zero-order valence-electron chi connectivity index (χ0n) is 16.2. The lowest BCUT2D eigenvalue weighted by atomic mass is 9.81. The highest BCUT2D eigenvalue weighted by Gasteiger charge is 2.67. The van der Waals surface area contributed by atoms with Crippen LogP contribution in [0.25, 0.3) is 0 Å². The van der Waals surface area contributed by atoms with Gasteiger partial charge in [0.1, 0.15) is 6.04 Å². The van der Waals surface area contributed by atoms with E-state index in [1.54, 1.807) is 11.8 Å². The number of carbonyl (C=O) groups is 3. The van der Waals surface area contributed by atoms with E-state index in [2.05, 4.69) is 31.9 Å². The second-order valence-electron chi connectivity index (χ2n) is 8.59. The Balaban J connectivity index is 1.59. The third-order valence-electron chi connectivity index (χ3n) is 7.13. The number of carbonyl (C=O) groups excluding carboxylic acids is 3. The molecule has 0 spiro atoms. The summed E-state index contributed by atoms with van der Waals surface area (Å²) in [4.78, 5) is 43.9. The van der Waals surface area contributed by atoms with Gasteiger partial charge in [-0.2, -0.15) is 11.8 Å². The molecule has 2 aliphatic heterocycles. The van der Waals surface area contributed by atoms with Gasteiger partial charge in [0.15, 0.2) is 0 Å². The van der Waals surface area contributed by atoms with E-state index in [4.69, 9.17) is 0 Å². The summed E-state index contributed by atoms with van der Waals surface area (Å²) in [6.07, 6.45) is 7.78. The van der Waals surface area contributed by atoms with Gasteiger partial charge < -0.3 is 4.90 Å². The molecule has 4 aliphatic rings. The van der Waals surface area contributed by atoms with Crippen LogP contribution in [0.2, 0.25) is 0 Å². The summed E-state index contributed by atoms with van der Waals surface area (Å²) in [5, 5.41) is 0. The van der Waals surface area contributed by atoms with Crippen molar-refractivity contribution in [2.45, 2.75) is 54.2 Å². The Labute approximate surface area is 188 Å². The van der Waals surface area contributed by atoms with Crippen molar-refractivity contribution >= 4 is 61.3 Å². The molecule has 4 rings (SSSR count). The van der Waals surface area contributed by atoms with Gasteiger partial charge in [-0.1, -0.05) is 44.7 Å². The van der Waals surface area contributed by atoms with E-state index in [0.717, 1.165) is 50.9 Å². The number of thioether (sulfide) groups is 1. The van der Waals surface area contributed by atoms with Crippen LogP contribution in [-0.4, -0.2) is 68.3 Å². The van der Waals surface area contributed by atoms with Gasteiger partial charge >= 0.3 is 0 Å². The van der Waals surface area contributed by atoms with Crippen molar-refractivity contribution in [1.82, 2.24) is 9.80 Å². The van der Waals surface area contributed by atoms with Crippen molar-refractivity contribution < 1.29 is 14.4 Å². The zero-order chi connectivity index (χ0) is 20.0. The molecule has 8 heteroatoms. The summed E-state index contributed by atoms with van der Waals surface area (Å²) in [6, 6.07) is -0.627. The third-order valence-corrected chi connectivity index (χ3v) is 11.0. The van der Waals surface area contributed by atoms with E-state index in [-0.39, 0.29) is 51.0 Å². The molecule has 2 bridgehead atoms. The fourth-order valence-corrected chi connectivity index (χ4v) is 8.11. The Hall–Kier alpha value is -0.0800. The number of halogens is 2. The van der Waals surface area contributed by atoms with Crippen LogP contribution in [0.4, 0.5) is 0 Å². The molecule has 0 radical (unpaired) electrons. The molecule has 2 aliphatic carbocycles. The molecular weight excluding hydrogens is 508 g/mol. The van der Waals surface area contributed by atoms with Gasteiger partial charge in [-0.15, -0.1) is 0 Å². The molecule has 2 heterocycles. The van der Waals surface area contributed by atoms with Crippen LogP contribution in [-0.2, 0) is 14.4 Å². The van der Waals surface area contributed by atoms with Crippen LogP contribution in [0, 0.1) is 23.7 Å². The van der Waals surface area contributed by atoms with Crippen LogP contribution >= 0.6 is 43.6 Å². The minimum atomic E-state index is -0.627. The molecule has 2 saturated carbocycles. The molecule has 3 amide bonds. The van der Waals surface area contributed by atoms with E-state index in [0.29, 0.717) is 6.42 Å². The first kappa shape index (κ1) is 21.2. The summed E-state index contributed by atoms with van der Waals surface area (Å²) < 4.78 is 0. The number of imide groups is 1. The first-order valence-corrected chi connectivity index (χ1v) is 13.6. The number of alkyl halides is 2. The molecule has 5 nitrogen and oxygen atoms in total. The van der Waals surface area contributed by atoms with Crippen molar-refractivity contribution in [3.05, 3.63) is 0 Å². The Kier molecular flexibility index (Phi) is 6.48. The maximum Gasteiger partial charge on any atom is 0.245 e. The summed E-state index contributed by atoms with van der Waals surface area (Å²) >= 11 is 9.13. The number of fused-ring (bicyclic) bond motifs is 5. The minimum absolute atomic E-state index is 0.0178. The lowest BCUT2D eigenvalue weighted by Crippen LogP contribution is -2.52. The van der Waals surface area contributed by atoms with E-state index in [1.807, 2.05) is 11.2 Å². The topological polar surface area (TPSA) is 57.7 Å². The minimum Gasteiger partial charge on any atom is -0.341 e.